The Kier molecular flexibility index (Phi) is 5.69. The van der Waals surface area contributed by atoms with Crippen molar-refractivity contribution in [3.05, 3.63) is 57.8 Å². The van der Waals surface area contributed by atoms with Gasteiger partial charge in [-0.1, -0.05) is 6.07 Å². The zero-order valence-corrected chi connectivity index (χ0v) is 17.0. The van der Waals surface area contributed by atoms with Crippen molar-refractivity contribution < 1.29 is 24.2 Å². The molecule has 2 fully saturated rings. The van der Waals surface area contributed by atoms with Crippen molar-refractivity contribution >= 4 is 28.8 Å². The van der Waals surface area contributed by atoms with Crippen LogP contribution in [0.25, 0.3) is 5.76 Å². The van der Waals surface area contributed by atoms with Crippen LogP contribution in [0.2, 0.25) is 0 Å². The van der Waals surface area contributed by atoms with Crippen molar-refractivity contribution in [3.63, 3.8) is 0 Å². The van der Waals surface area contributed by atoms with E-state index in [0.717, 1.165) is 17.7 Å². The van der Waals surface area contributed by atoms with Crippen LogP contribution in [0.3, 0.4) is 0 Å². The van der Waals surface area contributed by atoms with E-state index < -0.39 is 17.7 Å². The molecule has 6 nitrogen and oxygen atoms in total. The summed E-state index contributed by atoms with van der Waals surface area (Å²) >= 11 is 1.46. The van der Waals surface area contributed by atoms with Crippen LogP contribution in [0.4, 0.5) is 0 Å². The third-order valence-electron chi connectivity index (χ3n) is 5.22. The Morgan fingerprint density at radius 1 is 1.28 bits per heavy atom. The normalized spacial score (nSPS) is 23.7. The van der Waals surface area contributed by atoms with Crippen LogP contribution in [0, 0.1) is 0 Å². The Morgan fingerprint density at radius 3 is 2.69 bits per heavy atom. The van der Waals surface area contributed by atoms with Gasteiger partial charge in [0, 0.05) is 23.6 Å². The summed E-state index contributed by atoms with van der Waals surface area (Å²) in [6.07, 6.45) is 1.73. The molecule has 2 saturated heterocycles. The molecule has 4 rings (SSSR count). The molecular formula is C22H23NO5S. The van der Waals surface area contributed by atoms with Gasteiger partial charge in [0.05, 0.1) is 24.3 Å². The molecule has 0 spiro atoms. The summed E-state index contributed by atoms with van der Waals surface area (Å²) in [7, 11) is 0. The first kappa shape index (κ1) is 19.7. The first-order valence-electron chi connectivity index (χ1n) is 9.76. The van der Waals surface area contributed by atoms with E-state index in [4.69, 9.17) is 9.47 Å². The number of aliphatic hydroxyl groups excluding tert-OH is 1. The van der Waals surface area contributed by atoms with Gasteiger partial charge >= 0.3 is 0 Å². The Hall–Kier alpha value is -2.64. The van der Waals surface area contributed by atoms with Crippen molar-refractivity contribution in [2.75, 3.05) is 19.8 Å². The number of aliphatic hydroxyl groups is 1. The van der Waals surface area contributed by atoms with E-state index in [1.165, 1.54) is 11.3 Å². The lowest BCUT2D eigenvalue weighted by atomic mass is 9.99. The van der Waals surface area contributed by atoms with Gasteiger partial charge in [0.25, 0.3) is 11.7 Å². The van der Waals surface area contributed by atoms with Crippen LogP contribution in [0.5, 0.6) is 5.75 Å². The third kappa shape index (κ3) is 3.80. The quantitative estimate of drug-likeness (QED) is 0.443. The van der Waals surface area contributed by atoms with E-state index in [1.807, 2.05) is 24.4 Å². The second-order valence-corrected chi connectivity index (χ2v) is 8.04. The molecule has 29 heavy (non-hydrogen) atoms. The summed E-state index contributed by atoms with van der Waals surface area (Å²) in [4.78, 5) is 28.1. The van der Waals surface area contributed by atoms with Crippen LogP contribution < -0.4 is 4.74 Å². The van der Waals surface area contributed by atoms with Crippen molar-refractivity contribution in [1.82, 2.24) is 4.90 Å². The number of hydrogen-bond donors (Lipinski definition) is 1. The monoisotopic (exact) mass is 413 g/mol. The molecule has 152 valence electrons. The number of ether oxygens (including phenoxy) is 2. The van der Waals surface area contributed by atoms with Gasteiger partial charge in [0.1, 0.15) is 11.5 Å². The van der Waals surface area contributed by atoms with E-state index >= 15 is 0 Å². The van der Waals surface area contributed by atoms with Crippen LogP contribution in [0.1, 0.15) is 36.2 Å². The molecule has 2 aromatic rings. The van der Waals surface area contributed by atoms with Crippen molar-refractivity contribution in [2.24, 2.45) is 0 Å². The topological polar surface area (TPSA) is 76.1 Å². The summed E-state index contributed by atoms with van der Waals surface area (Å²) in [5.41, 5.74) is 0.602. The molecule has 1 amide bonds. The van der Waals surface area contributed by atoms with Gasteiger partial charge < -0.3 is 19.5 Å². The fourth-order valence-electron chi connectivity index (χ4n) is 3.85. The fraction of sp³-hybridized carbons (Fsp3) is 0.364. The van der Waals surface area contributed by atoms with Gasteiger partial charge in [0.2, 0.25) is 0 Å². The zero-order chi connectivity index (χ0) is 20.4. The lowest BCUT2D eigenvalue weighted by Gasteiger charge is -2.26. The highest BCUT2D eigenvalue weighted by Gasteiger charge is 2.47. The number of ketones is 1. The molecule has 1 aromatic heterocycles. The average molecular weight is 413 g/mol. The number of rotatable bonds is 6. The maximum absolute atomic E-state index is 12.9. The van der Waals surface area contributed by atoms with E-state index in [0.29, 0.717) is 31.1 Å². The van der Waals surface area contributed by atoms with Crippen molar-refractivity contribution in [3.8, 4) is 5.75 Å². The summed E-state index contributed by atoms with van der Waals surface area (Å²) in [6, 6.07) is 10.0. The van der Waals surface area contributed by atoms with Gasteiger partial charge in [-0.05, 0) is 55.5 Å². The number of nitrogens with zero attached hydrogens (tertiary/aromatic N) is 1. The van der Waals surface area contributed by atoms with Gasteiger partial charge in [-0.3, -0.25) is 9.59 Å². The lowest BCUT2D eigenvalue weighted by Crippen LogP contribution is -2.36. The standard InChI is InChI=1S/C22H23NO5S/c1-2-27-15-9-7-14(8-10-15)20(24)18-19(17-6-4-12-29-17)23(22(26)21(18)25)13-16-5-3-11-28-16/h4,6-10,12,16,19,24H,2-3,5,11,13H2,1H3/t16-,19+/m0/s1. The number of hydrogen-bond acceptors (Lipinski definition) is 6. The first-order valence-corrected chi connectivity index (χ1v) is 10.6. The van der Waals surface area contributed by atoms with E-state index in [2.05, 4.69) is 0 Å². The maximum Gasteiger partial charge on any atom is 0.295 e. The number of amides is 1. The highest BCUT2D eigenvalue weighted by Crippen LogP contribution is 2.41. The minimum atomic E-state index is -0.659. The minimum absolute atomic E-state index is 0.0822. The number of carbonyl (C=O) groups is 2. The number of likely N-dealkylation sites (tertiary alicyclic amines) is 1. The Balaban J connectivity index is 1.74. The molecule has 0 unspecified atom stereocenters. The van der Waals surface area contributed by atoms with Gasteiger partial charge in [-0.25, -0.2) is 0 Å². The second kappa shape index (κ2) is 8.39. The lowest BCUT2D eigenvalue weighted by molar-refractivity contribution is -0.140. The zero-order valence-electron chi connectivity index (χ0n) is 16.2. The molecule has 2 aliphatic heterocycles. The van der Waals surface area contributed by atoms with E-state index in [-0.39, 0.29) is 17.4 Å². The number of carbonyl (C=O) groups excluding carboxylic acids is 2. The average Bonchev–Trinajstić information content (AvgIpc) is 3.47. The molecule has 0 bridgehead atoms. The Bertz CT molecular complexity index is 913. The molecule has 1 aromatic carbocycles. The predicted octanol–water partition coefficient (Wildman–Crippen LogP) is 3.75. The molecular weight excluding hydrogens is 390 g/mol. The van der Waals surface area contributed by atoms with Crippen LogP contribution >= 0.6 is 11.3 Å². The van der Waals surface area contributed by atoms with Crippen LogP contribution in [-0.2, 0) is 14.3 Å². The Morgan fingerprint density at radius 2 is 2.07 bits per heavy atom. The SMILES string of the molecule is CCOc1ccc(C(O)=C2C(=O)C(=O)N(C[C@@H]3CCCO3)[C@@H]2c2cccs2)cc1. The van der Waals surface area contributed by atoms with Crippen LogP contribution in [-0.4, -0.2) is 47.6 Å². The fourth-order valence-corrected chi connectivity index (χ4v) is 4.70. The molecule has 3 heterocycles. The smallest absolute Gasteiger partial charge is 0.295 e. The highest BCUT2D eigenvalue weighted by atomic mass is 32.1. The molecule has 0 aliphatic carbocycles. The van der Waals surface area contributed by atoms with E-state index in [9.17, 15) is 14.7 Å². The van der Waals surface area contributed by atoms with Gasteiger partial charge in [0.15, 0.2) is 0 Å². The number of Topliss-reactive ketones (excluding diaryl/α,β-unsaturated/α-hetero) is 1. The number of thiophene rings is 1. The number of benzene rings is 1. The van der Waals surface area contributed by atoms with Crippen LogP contribution in [0.15, 0.2) is 47.4 Å². The highest BCUT2D eigenvalue weighted by molar-refractivity contribution is 7.10. The van der Waals surface area contributed by atoms with Crippen molar-refractivity contribution in [1.29, 1.82) is 0 Å². The van der Waals surface area contributed by atoms with Crippen molar-refractivity contribution in [2.45, 2.75) is 31.9 Å². The van der Waals surface area contributed by atoms with Gasteiger partial charge in [-0.2, -0.15) is 0 Å². The first-order chi connectivity index (χ1) is 14.1. The molecule has 0 saturated carbocycles. The predicted molar refractivity (Wildman–Crippen MR) is 110 cm³/mol. The largest absolute Gasteiger partial charge is 0.507 e. The summed E-state index contributed by atoms with van der Waals surface area (Å²) in [5.74, 6) is -0.739. The summed E-state index contributed by atoms with van der Waals surface area (Å²) in [5, 5.41) is 12.9. The minimum Gasteiger partial charge on any atom is -0.507 e. The molecule has 7 heteroatoms. The van der Waals surface area contributed by atoms with Gasteiger partial charge in [-0.15, -0.1) is 11.3 Å². The molecule has 2 atom stereocenters. The molecule has 0 radical (unpaired) electrons. The Labute approximate surface area is 173 Å². The van der Waals surface area contributed by atoms with E-state index in [1.54, 1.807) is 29.2 Å². The summed E-state index contributed by atoms with van der Waals surface area (Å²) in [6.45, 7) is 3.44. The molecule has 1 N–H and O–H groups in total. The third-order valence-corrected chi connectivity index (χ3v) is 6.14. The second-order valence-electron chi connectivity index (χ2n) is 7.06. The maximum atomic E-state index is 12.9. The molecule has 2 aliphatic rings. The summed E-state index contributed by atoms with van der Waals surface area (Å²) < 4.78 is 11.1.